The molecule has 1 unspecified atom stereocenters. The molecular formula is C11H11BrFN3. The van der Waals surface area contributed by atoms with Crippen molar-refractivity contribution in [1.82, 2.24) is 9.78 Å². The van der Waals surface area contributed by atoms with Gasteiger partial charge < -0.3 is 5.73 Å². The van der Waals surface area contributed by atoms with E-state index in [9.17, 15) is 4.39 Å². The van der Waals surface area contributed by atoms with E-state index in [1.54, 1.807) is 36.1 Å². The van der Waals surface area contributed by atoms with Crippen LogP contribution < -0.4 is 5.73 Å². The summed E-state index contributed by atoms with van der Waals surface area (Å²) in [4.78, 5) is 0. The van der Waals surface area contributed by atoms with Crippen LogP contribution in [0, 0.1) is 5.82 Å². The maximum Gasteiger partial charge on any atom is 0.129 e. The summed E-state index contributed by atoms with van der Waals surface area (Å²) in [5, 5.41) is 4.02. The second kappa shape index (κ2) is 4.35. The Kier molecular flexibility index (Phi) is 3.07. The maximum atomic E-state index is 13.7. The predicted molar refractivity (Wildman–Crippen MR) is 63.3 cm³/mol. The molecule has 0 saturated carbocycles. The molecule has 2 rings (SSSR count). The summed E-state index contributed by atoms with van der Waals surface area (Å²) in [5.41, 5.74) is 7.25. The first kappa shape index (κ1) is 11.3. The van der Waals surface area contributed by atoms with Gasteiger partial charge in [0.25, 0.3) is 0 Å². The quantitative estimate of drug-likeness (QED) is 0.920. The zero-order chi connectivity index (χ0) is 11.7. The van der Waals surface area contributed by atoms with Gasteiger partial charge in [0.15, 0.2) is 0 Å². The van der Waals surface area contributed by atoms with Crippen LogP contribution in [0.1, 0.15) is 17.3 Å². The molecular weight excluding hydrogens is 273 g/mol. The minimum absolute atomic E-state index is 0.317. The Hall–Kier alpha value is -1.20. The summed E-state index contributed by atoms with van der Waals surface area (Å²) in [6.07, 6.45) is 1.64. The highest BCUT2D eigenvalue weighted by Crippen LogP contribution is 2.28. The molecule has 0 aliphatic heterocycles. The van der Waals surface area contributed by atoms with Gasteiger partial charge in [0.05, 0.1) is 11.7 Å². The Morgan fingerprint density at radius 3 is 2.75 bits per heavy atom. The molecule has 1 heterocycles. The molecule has 0 fully saturated rings. The van der Waals surface area contributed by atoms with Crippen LogP contribution in [0.15, 0.2) is 34.9 Å². The first-order valence-electron chi connectivity index (χ1n) is 4.78. The minimum Gasteiger partial charge on any atom is -0.319 e. The number of halogens is 2. The molecule has 5 heteroatoms. The average Bonchev–Trinajstić information content (AvgIpc) is 2.64. The highest BCUT2D eigenvalue weighted by atomic mass is 79.9. The molecule has 0 bridgehead atoms. The third-order valence-corrected chi connectivity index (χ3v) is 3.18. The molecule has 0 saturated heterocycles. The van der Waals surface area contributed by atoms with E-state index in [-0.39, 0.29) is 5.82 Å². The van der Waals surface area contributed by atoms with Crippen molar-refractivity contribution >= 4 is 15.9 Å². The van der Waals surface area contributed by atoms with Crippen molar-refractivity contribution in [3.8, 4) is 0 Å². The summed E-state index contributed by atoms with van der Waals surface area (Å²) < 4.78 is 16.0. The van der Waals surface area contributed by atoms with Crippen molar-refractivity contribution in [3.05, 3.63) is 52.0 Å². The maximum absolute atomic E-state index is 13.7. The Morgan fingerprint density at radius 1 is 1.44 bits per heavy atom. The second-order valence-electron chi connectivity index (χ2n) is 3.49. The molecule has 0 aliphatic rings. The molecule has 2 aromatic rings. The van der Waals surface area contributed by atoms with E-state index in [1.807, 2.05) is 0 Å². The first-order valence-corrected chi connectivity index (χ1v) is 5.58. The SMILES string of the molecule is Cn1nccc1C(N)c1c(F)cccc1Br. The average molecular weight is 284 g/mol. The van der Waals surface area contributed by atoms with Crippen LogP contribution in [0.2, 0.25) is 0 Å². The van der Waals surface area contributed by atoms with Crippen LogP contribution >= 0.6 is 15.9 Å². The van der Waals surface area contributed by atoms with Crippen LogP contribution in [0.5, 0.6) is 0 Å². The highest BCUT2D eigenvalue weighted by Gasteiger charge is 2.18. The summed E-state index contributed by atoms with van der Waals surface area (Å²) >= 11 is 3.31. The Morgan fingerprint density at radius 2 is 2.19 bits per heavy atom. The molecule has 1 atom stereocenters. The van der Waals surface area contributed by atoms with Crippen LogP contribution in [-0.4, -0.2) is 9.78 Å². The number of benzene rings is 1. The number of aromatic nitrogens is 2. The predicted octanol–water partition coefficient (Wildman–Crippen LogP) is 2.37. The summed E-state index contributed by atoms with van der Waals surface area (Å²) in [6.45, 7) is 0. The van der Waals surface area contributed by atoms with Crippen molar-refractivity contribution in [3.63, 3.8) is 0 Å². The van der Waals surface area contributed by atoms with E-state index in [0.29, 0.717) is 10.0 Å². The van der Waals surface area contributed by atoms with Gasteiger partial charge in [0.1, 0.15) is 5.82 Å². The highest BCUT2D eigenvalue weighted by molar-refractivity contribution is 9.10. The van der Waals surface area contributed by atoms with Gasteiger partial charge in [-0.15, -0.1) is 0 Å². The fraction of sp³-hybridized carbons (Fsp3) is 0.182. The van der Waals surface area contributed by atoms with Crippen LogP contribution in [-0.2, 0) is 7.05 Å². The molecule has 1 aromatic carbocycles. The standard InChI is InChI=1S/C11H11BrFN3/c1-16-9(5-6-15-16)11(14)10-7(12)3-2-4-8(10)13/h2-6,11H,14H2,1H3. The van der Waals surface area contributed by atoms with Crippen molar-refractivity contribution in [2.45, 2.75) is 6.04 Å². The lowest BCUT2D eigenvalue weighted by atomic mass is 10.0. The number of hydrogen-bond acceptors (Lipinski definition) is 2. The molecule has 84 valence electrons. The fourth-order valence-electron chi connectivity index (χ4n) is 1.64. The van der Waals surface area contributed by atoms with Crippen LogP contribution in [0.3, 0.4) is 0 Å². The third-order valence-electron chi connectivity index (χ3n) is 2.49. The number of nitrogens with zero attached hydrogens (tertiary/aromatic N) is 2. The summed E-state index contributed by atoms with van der Waals surface area (Å²) in [5.74, 6) is -0.317. The Labute approximate surface area is 101 Å². The van der Waals surface area contributed by atoms with Gasteiger partial charge in [-0.1, -0.05) is 22.0 Å². The van der Waals surface area contributed by atoms with Gasteiger partial charge >= 0.3 is 0 Å². The number of hydrogen-bond donors (Lipinski definition) is 1. The number of nitrogens with two attached hydrogens (primary N) is 1. The topological polar surface area (TPSA) is 43.8 Å². The van der Waals surface area contributed by atoms with Crippen molar-refractivity contribution in [1.29, 1.82) is 0 Å². The molecule has 2 N–H and O–H groups in total. The van der Waals surface area contributed by atoms with Crippen LogP contribution in [0.4, 0.5) is 4.39 Å². The van der Waals surface area contributed by atoms with Gasteiger partial charge in [-0.05, 0) is 18.2 Å². The number of rotatable bonds is 2. The zero-order valence-corrected chi connectivity index (χ0v) is 10.3. The Balaban J connectivity index is 2.49. The zero-order valence-electron chi connectivity index (χ0n) is 8.69. The van der Waals surface area contributed by atoms with Gasteiger partial charge in [0.2, 0.25) is 0 Å². The number of aryl methyl sites for hydroxylation is 1. The monoisotopic (exact) mass is 283 g/mol. The first-order chi connectivity index (χ1) is 7.61. The largest absolute Gasteiger partial charge is 0.319 e. The lowest BCUT2D eigenvalue weighted by molar-refractivity contribution is 0.584. The summed E-state index contributed by atoms with van der Waals surface area (Å²) in [6, 6.07) is 6.07. The van der Waals surface area contributed by atoms with Crippen LogP contribution in [0.25, 0.3) is 0 Å². The molecule has 16 heavy (non-hydrogen) atoms. The van der Waals surface area contributed by atoms with Gasteiger partial charge in [-0.3, -0.25) is 4.68 Å². The van der Waals surface area contributed by atoms with E-state index in [4.69, 9.17) is 5.73 Å². The molecule has 0 spiro atoms. The molecule has 0 radical (unpaired) electrons. The van der Waals surface area contributed by atoms with Crippen molar-refractivity contribution in [2.75, 3.05) is 0 Å². The lowest BCUT2D eigenvalue weighted by Gasteiger charge is -2.15. The molecule has 1 aromatic heterocycles. The van der Waals surface area contributed by atoms with E-state index in [0.717, 1.165) is 5.69 Å². The minimum atomic E-state index is -0.525. The Bertz CT molecular complexity index is 489. The van der Waals surface area contributed by atoms with Gasteiger partial charge in [0, 0.05) is 23.3 Å². The lowest BCUT2D eigenvalue weighted by Crippen LogP contribution is -2.17. The molecule has 3 nitrogen and oxygen atoms in total. The second-order valence-corrected chi connectivity index (χ2v) is 4.35. The smallest absolute Gasteiger partial charge is 0.129 e. The van der Waals surface area contributed by atoms with E-state index < -0.39 is 6.04 Å². The van der Waals surface area contributed by atoms with E-state index in [1.165, 1.54) is 6.07 Å². The normalized spacial score (nSPS) is 12.8. The van der Waals surface area contributed by atoms with Gasteiger partial charge in [-0.25, -0.2) is 4.39 Å². The van der Waals surface area contributed by atoms with E-state index >= 15 is 0 Å². The van der Waals surface area contributed by atoms with Crippen molar-refractivity contribution in [2.24, 2.45) is 12.8 Å². The molecule has 0 aliphatic carbocycles. The van der Waals surface area contributed by atoms with Gasteiger partial charge in [-0.2, -0.15) is 5.10 Å². The fourth-order valence-corrected chi connectivity index (χ4v) is 2.23. The van der Waals surface area contributed by atoms with Crippen molar-refractivity contribution < 1.29 is 4.39 Å². The van der Waals surface area contributed by atoms with E-state index in [2.05, 4.69) is 21.0 Å². The third kappa shape index (κ3) is 1.88. The summed E-state index contributed by atoms with van der Waals surface area (Å²) in [7, 11) is 1.78. The molecule has 0 amide bonds.